The van der Waals surface area contributed by atoms with Gasteiger partial charge in [0, 0.05) is 16.5 Å². The van der Waals surface area contributed by atoms with Crippen LogP contribution in [-0.4, -0.2) is 45.6 Å². The molecule has 5 rings (SSSR count). The second kappa shape index (κ2) is 9.48. The third-order valence-electron chi connectivity index (χ3n) is 6.17. The van der Waals surface area contributed by atoms with E-state index in [0.717, 1.165) is 23.1 Å². The van der Waals surface area contributed by atoms with Crippen LogP contribution in [0.25, 0.3) is 0 Å². The number of imide groups is 3. The minimum atomic E-state index is -1.17. The summed E-state index contributed by atoms with van der Waals surface area (Å²) in [5.41, 5.74) is 6.31. The number of urea groups is 1. The Labute approximate surface area is 217 Å². The van der Waals surface area contributed by atoms with E-state index < -0.39 is 51.5 Å². The Balaban J connectivity index is 1.55. The van der Waals surface area contributed by atoms with Crippen LogP contribution in [0.1, 0.15) is 16.4 Å². The third kappa shape index (κ3) is 4.29. The van der Waals surface area contributed by atoms with Crippen LogP contribution >= 0.6 is 23.1 Å². The molecule has 190 valence electrons. The van der Waals surface area contributed by atoms with Crippen LogP contribution in [0.2, 0.25) is 0 Å². The van der Waals surface area contributed by atoms with E-state index >= 15 is 0 Å². The van der Waals surface area contributed by atoms with Gasteiger partial charge in [0.2, 0.25) is 11.8 Å². The Kier molecular flexibility index (Phi) is 6.33. The summed E-state index contributed by atoms with van der Waals surface area (Å²) in [5.74, 6) is -3.62. The van der Waals surface area contributed by atoms with E-state index in [-0.39, 0.29) is 6.54 Å². The molecule has 3 atom stereocenters. The number of benzene rings is 2. The molecular weight excluding hydrogens is 523 g/mol. The Morgan fingerprint density at radius 2 is 1.73 bits per heavy atom. The van der Waals surface area contributed by atoms with Crippen molar-refractivity contribution in [3.05, 3.63) is 74.5 Å². The fourth-order valence-corrected chi connectivity index (χ4v) is 7.29. The molecule has 3 heterocycles. The maximum absolute atomic E-state index is 13.2. The molecule has 1 aromatic heterocycles. The number of aromatic nitrogens is 1. The molecule has 3 aromatic rings. The number of anilines is 1. The van der Waals surface area contributed by atoms with Crippen molar-refractivity contribution in [2.75, 3.05) is 12.4 Å². The van der Waals surface area contributed by atoms with Gasteiger partial charge in [-0.3, -0.25) is 23.7 Å². The third-order valence-corrected chi connectivity index (χ3v) is 8.78. The molecule has 13 heteroatoms. The summed E-state index contributed by atoms with van der Waals surface area (Å²) < 4.78 is 19.6. The van der Waals surface area contributed by atoms with Gasteiger partial charge in [0.25, 0.3) is 5.91 Å². The van der Waals surface area contributed by atoms with E-state index in [1.807, 2.05) is 0 Å². The second-order valence-corrected chi connectivity index (χ2v) is 10.5. The molecule has 2 aliphatic rings. The predicted molar refractivity (Wildman–Crippen MR) is 133 cm³/mol. The van der Waals surface area contributed by atoms with Crippen LogP contribution in [0.3, 0.4) is 0 Å². The monoisotopic (exact) mass is 542 g/mol. The molecule has 2 aliphatic heterocycles. The summed E-state index contributed by atoms with van der Waals surface area (Å²) in [6.45, 7) is -0.372. The number of amides is 5. The van der Waals surface area contributed by atoms with E-state index in [0.29, 0.717) is 31.8 Å². The summed E-state index contributed by atoms with van der Waals surface area (Å²) in [5, 5.41) is 1.95. The molecule has 0 saturated carbocycles. The number of nitrogens with one attached hydrogen (secondary N) is 1. The number of thiazole rings is 1. The molecule has 0 spiro atoms. The van der Waals surface area contributed by atoms with Crippen LogP contribution in [0, 0.1) is 11.7 Å². The lowest BCUT2D eigenvalue weighted by molar-refractivity contribution is -0.135. The van der Waals surface area contributed by atoms with Crippen molar-refractivity contribution in [1.82, 2.24) is 9.47 Å². The number of hydrogen-bond donors (Lipinski definition) is 2. The number of methoxy groups -OCH3 is 1. The lowest BCUT2D eigenvalue weighted by Gasteiger charge is -2.30. The van der Waals surface area contributed by atoms with E-state index in [1.165, 1.54) is 35.9 Å². The van der Waals surface area contributed by atoms with Gasteiger partial charge in [0.05, 0.1) is 18.1 Å². The van der Waals surface area contributed by atoms with Gasteiger partial charge < -0.3 is 15.8 Å². The van der Waals surface area contributed by atoms with Crippen molar-refractivity contribution in [3.8, 4) is 5.75 Å². The average Bonchev–Trinajstić information content (AvgIpc) is 3.31. The van der Waals surface area contributed by atoms with Crippen molar-refractivity contribution in [2.24, 2.45) is 11.7 Å². The van der Waals surface area contributed by atoms with Gasteiger partial charge in [-0.05, 0) is 42.0 Å². The number of nitrogens with zero attached hydrogens (tertiary/aromatic N) is 2. The first-order valence-electron chi connectivity index (χ1n) is 11.0. The Hall–Kier alpha value is -3.97. The molecule has 0 bridgehead atoms. The number of carbonyl (C=O) groups excluding carboxylic acids is 4. The van der Waals surface area contributed by atoms with Gasteiger partial charge in [-0.2, -0.15) is 4.90 Å². The number of primary amides is 1. The molecule has 1 saturated heterocycles. The van der Waals surface area contributed by atoms with Gasteiger partial charge in [-0.1, -0.05) is 35.2 Å². The average molecular weight is 543 g/mol. The van der Waals surface area contributed by atoms with E-state index in [2.05, 4.69) is 5.32 Å². The fourth-order valence-electron chi connectivity index (χ4n) is 4.52. The molecule has 5 amide bonds. The highest BCUT2D eigenvalue weighted by atomic mass is 32.2. The Morgan fingerprint density at radius 1 is 1.05 bits per heavy atom. The zero-order valence-electron chi connectivity index (χ0n) is 19.2. The Bertz CT molecular complexity index is 1480. The highest BCUT2D eigenvalue weighted by molar-refractivity contribution is 8.00. The molecule has 1 fully saturated rings. The number of nitrogens with two attached hydrogens (primary N) is 1. The summed E-state index contributed by atoms with van der Waals surface area (Å²) in [4.78, 5) is 64.4. The molecule has 0 radical (unpaired) electrons. The van der Waals surface area contributed by atoms with Gasteiger partial charge >= 0.3 is 10.9 Å². The van der Waals surface area contributed by atoms with Crippen LogP contribution < -0.4 is 20.7 Å². The summed E-state index contributed by atoms with van der Waals surface area (Å²) in [6.07, 6.45) is 0. The SMILES string of the molecule is COc1ccc([C@@H]2c3sc(=O)n(CC(=O)Nc4ccc(F)cc4)c3SC3C(=O)N(C(N)=O)C(=O)C32)cc1. The van der Waals surface area contributed by atoms with Gasteiger partial charge in [-0.15, -0.1) is 0 Å². The van der Waals surface area contributed by atoms with Crippen molar-refractivity contribution in [1.29, 1.82) is 0 Å². The largest absolute Gasteiger partial charge is 0.497 e. The number of thioether (sulfide) groups is 1. The van der Waals surface area contributed by atoms with Crippen LogP contribution in [0.5, 0.6) is 5.75 Å². The maximum Gasteiger partial charge on any atom is 0.328 e. The zero-order valence-corrected chi connectivity index (χ0v) is 20.8. The number of halogens is 1. The number of hydrogen-bond acceptors (Lipinski definition) is 8. The molecule has 3 N–H and O–H groups in total. The highest BCUT2D eigenvalue weighted by Crippen LogP contribution is 2.53. The lowest BCUT2D eigenvalue weighted by Crippen LogP contribution is -2.41. The van der Waals surface area contributed by atoms with E-state index in [9.17, 15) is 28.4 Å². The van der Waals surface area contributed by atoms with Crippen LogP contribution in [-0.2, 0) is 20.9 Å². The molecule has 0 aliphatic carbocycles. The van der Waals surface area contributed by atoms with Gasteiger partial charge in [-0.25, -0.2) is 9.18 Å². The summed E-state index contributed by atoms with van der Waals surface area (Å²) in [6, 6.07) is 10.8. The minimum Gasteiger partial charge on any atom is -0.497 e. The maximum atomic E-state index is 13.2. The molecule has 10 nitrogen and oxygen atoms in total. The standard InChI is InChI=1S/C24H19FN4O6S2/c1-35-14-8-2-11(3-9-14)16-17-18(21(32)29(20(17)31)23(26)33)36-22-19(16)37-24(34)28(22)10-15(30)27-13-6-4-12(25)5-7-13/h2-9,16-18H,10H2,1H3,(H2,26,33)(H,27,30)/t16-,17?,18?/m0/s1. The first-order valence-corrected chi connectivity index (χ1v) is 12.7. The van der Waals surface area contributed by atoms with E-state index in [1.54, 1.807) is 24.3 Å². The number of fused-ring (bicyclic) bond motifs is 2. The first kappa shape index (κ1) is 24.7. The minimum absolute atomic E-state index is 0.348. The normalized spacial score (nSPS) is 20.4. The van der Waals surface area contributed by atoms with E-state index in [4.69, 9.17) is 10.5 Å². The molecular formula is C24H19FN4O6S2. The molecule has 2 aromatic carbocycles. The van der Waals surface area contributed by atoms with Gasteiger partial charge in [0.15, 0.2) is 0 Å². The number of ether oxygens (including phenoxy) is 1. The van der Waals surface area contributed by atoms with Gasteiger partial charge in [0.1, 0.15) is 23.4 Å². The van der Waals surface area contributed by atoms with Crippen molar-refractivity contribution < 1.29 is 28.3 Å². The van der Waals surface area contributed by atoms with Crippen molar-refractivity contribution in [2.45, 2.75) is 22.7 Å². The second-order valence-electron chi connectivity index (χ2n) is 8.34. The molecule has 2 unspecified atom stereocenters. The topological polar surface area (TPSA) is 141 Å². The lowest BCUT2D eigenvalue weighted by atomic mass is 9.83. The Morgan fingerprint density at radius 3 is 2.35 bits per heavy atom. The van der Waals surface area contributed by atoms with Crippen molar-refractivity contribution in [3.63, 3.8) is 0 Å². The fraction of sp³-hybridized carbons (Fsp3) is 0.208. The smallest absolute Gasteiger partial charge is 0.328 e. The first-order chi connectivity index (χ1) is 17.7. The summed E-state index contributed by atoms with van der Waals surface area (Å²) >= 11 is 1.83. The zero-order chi connectivity index (χ0) is 26.4. The van der Waals surface area contributed by atoms with Crippen LogP contribution in [0.4, 0.5) is 14.9 Å². The quantitative estimate of drug-likeness (QED) is 0.472. The van der Waals surface area contributed by atoms with Crippen molar-refractivity contribution >= 4 is 52.5 Å². The number of likely N-dealkylation sites (tertiary alicyclic amines) is 1. The predicted octanol–water partition coefficient (Wildman–Crippen LogP) is 2.37. The van der Waals surface area contributed by atoms with Crippen LogP contribution in [0.15, 0.2) is 58.4 Å². The molecule has 37 heavy (non-hydrogen) atoms. The highest BCUT2D eigenvalue weighted by Gasteiger charge is 2.57. The number of rotatable bonds is 5. The summed E-state index contributed by atoms with van der Waals surface area (Å²) in [7, 11) is 1.51. The number of carbonyl (C=O) groups is 4.